The van der Waals surface area contributed by atoms with Crippen LogP contribution in [0.1, 0.15) is 45.1 Å². The molecule has 0 radical (unpaired) electrons. The molecule has 38 heavy (non-hydrogen) atoms. The van der Waals surface area contributed by atoms with Crippen molar-refractivity contribution >= 4 is 11.6 Å². The summed E-state index contributed by atoms with van der Waals surface area (Å²) >= 11 is 0. The van der Waals surface area contributed by atoms with E-state index >= 15 is 0 Å². The minimum Gasteiger partial charge on any atom is -0.497 e. The second-order valence-electron chi connectivity index (χ2n) is 11.4. The summed E-state index contributed by atoms with van der Waals surface area (Å²) in [5.41, 5.74) is 3.53. The van der Waals surface area contributed by atoms with Crippen LogP contribution >= 0.6 is 0 Å². The van der Waals surface area contributed by atoms with E-state index in [9.17, 15) is 4.79 Å². The zero-order valence-electron chi connectivity index (χ0n) is 23.0. The van der Waals surface area contributed by atoms with Crippen LogP contribution in [0.25, 0.3) is 11.4 Å². The molecule has 3 heterocycles. The minimum absolute atomic E-state index is 0.0957. The summed E-state index contributed by atoms with van der Waals surface area (Å²) < 4.78 is 10.8. The molecule has 2 saturated heterocycles. The predicted octanol–water partition coefficient (Wildman–Crippen LogP) is 4.60. The summed E-state index contributed by atoms with van der Waals surface area (Å²) in [5.74, 6) is 2.51. The van der Waals surface area contributed by atoms with Crippen LogP contribution < -0.4 is 9.64 Å². The molecule has 0 spiro atoms. The highest BCUT2D eigenvalue weighted by atomic mass is 16.5. The topological polar surface area (TPSA) is 74.9 Å². The van der Waals surface area contributed by atoms with Crippen LogP contribution in [-0.4, -0.2) is 72.2 Å². The summed E-state index contributed by atoms with van der Waals surface area (Å²) in [6, 6.07) is 16.5. The number of carbonyl (C=O) groups excluding carboxylic acids is 1. The third-order valence-corrected chi connectivity index (χ3v) is 7.80. The summed E-state index contributed by atoms with van der Waals surface area (Å²) in [6.45, 7) is 12.2. The molecule has 2 aliphatic rings. The van der Waals surface area contributed by atoms with Crippen LogP contribution in [0.5, 0.6) is 5.75 Å². The summed E-state index contributed by atoms with van der Waals surface area (Å²) in [4.78, 5) is 24.6. The normalized spacial score (nSPS) is 17.6. The molecule has 3 aromatic rings. The third kappa shape index (κ3) is 6.01. The summed E-state index contributed by atoms with van der Waals surface area (Å²) in [7, 11) is 1.68. The summed E-state index contributed by atoms with van der Waals surface area (Å²) in [6.07, 6.45) is 1.74. The molecule has 8 nitrogen and oxygen atoms in total. The van der Waals surface area contributed by atoms with E-state index in [0.29, 0.717) is 24.2 Å². The van der Waals surface area contributed by atoms with Gasteiger partial charge in [0.15, 0.2) is 0 Å². The Morgan fingerprint density at radius 1 is 0.947 bits per heavy atom. The first kappa shape index (κ1) is 26.2. The third-order valence-electron chi connectivity index (χ3n) is 7.80. The second kappa shape index (κ2) is 11.2. The van der Waals surface area contributed by atoms with Crippen LogP contribution in [0.4, 0.5) is 5.69 Å². The van der Waals surface area contributed by atoms with E-state index in [1.807, 2.05) is 12.1 Å². The van der Waals surface area contributed by atoms with E-state index in [1.165, 1.54) is 11.3 Å². The first-order valence-corrected chi connectivity index (χ1v) is 13.6. The monoisotopic (exact) mass is 517 g/mol. The van der Waals surface area contributed by atoms with Gasteiger partial charge in [0, 0.05) is 43.3 Å². The number of aromatic nitrogens is 2. The molecule has 1 amide bonds. The van der Waals surface area contributed by atoms with Crippen molar-refractivity contribution in [2.45, 2.75) is 45.6 Å². The Balaban J connectivity index is 1.08. The lowest BCUT2D eigenvalue weighted by molar-refractivity contribution is -0.137. The fourth-order valence-corrected chi connectivity index (χ4v) is 5.32. The minimum atomic E-state index is 0.0957. The van der Waals surface area contributed by atoms with E-state index in [-0.39, 0.29) is 11.3 Å². The Morgan fingerprint density at radius 3 is 2.21 bits per heavy atom. The molecule has 0 atom stereocenters. The van der Waals surface area contributed by atoms with Crippen molar-refractivity contribution in [2.24, 2.45) is 5.92 Å². The van der Waals surface area contributed by atoms with Gasteiger partial charge in [-0.05, 0) is 61.2 Å². The van der Waals surface area contributed by atoms with Crippen LogP contribution in [0.3, 0.4) is 0 Å². The molecule has 2 aliphatic heterocycles. The number of anilines is 1. The maximum atomic E-state index is 13.2. The highest BCUT2D eigenvalue weighted by Crippen LogP contribution is 2.27. The smallest absolute Gasteiger partial charge is 0.241 e. The van der Waals surface area contributed by atoms with Gasteiger partial charge < -0.3 is 19.1 Å². The number of carbonyl (C=O) groups is 1. The Kier molecular flexibility index (Phi) is 7.70. The number of hydrogen-bond acceptors (Lipinski definition) is 7. The predicted molar refractivity (Wildman–Crippen MR) is 148 cm³/mol. The Bertz CT molecular complexity index is 1200. The van der Waals surface area contributed by atoms with E-state index in [1.54, 1.807) is 7.11 Å². The van der Waals surface area contributed by atoms with Gasteiger partial charge in [0.05, 0.1) is 13.7 Å². The Morgan fingerprint density at radius 2 is 1.61 bits per heavy atom. The zero-order valence-corrected chi connectivity index (χ0v) is 23.0. The van der Waals surface area contributed by atoms with Crippen molar-refractivity contribution in [1.29, 1.82) is 0 Å². The number of benzene rings is 2. The van der Waals surface area contributed by atoms with Gasteiger partial charge in [0.1, 0.15) is 5.75 Å². The lowest BCUT2D eigenvalue weighted by Gasteiger charge is -2.39. The molecule has 0 aliphatic carbocycles. The van der Waals surface area contributed by atoms with Gasteiger partial charge in [-0.25, -0.2) is 0 Å². The maximum absolute atomic E-state index is 13.2. The molecule has 2 aromatic carbocycles. The first-order valence-electron chi connectivity index (χ1n) is 13.6. The number of nitrogens with zero attached hydrogens (tertiary/aromatic N) is 5. The number of piperidine rings is 1. The molecule has 0 bridgehead atoms. The van der Waals surface area contributed by atoms with Crippen molar-refractivity contribution in [2.75, 3.05) is 51.3 Å². The average Bonchev–Trinajstić information content (AvgIpc) is 3.41. The largest absolute Gasteiger partial charge is 0.497 e. The number of methoxy groups -OCH3 is 1. The molecular weight excluding hydrogens is 478 g/mol. The fraction of sp³-hybridized carbons (Fsp3) is 0.500. The lowest BCUT2D eigenvalue weighted by atomic mass is 9.87. The molecule has 0 N–H and O–H groups in total. The Labute approximate surface area is 225 Å². The molecular formula is C30H39N5O3. The molecule has 0 saturated carbocycles. The number of likely N-dealkylation sites (tertiary alicyclic amines) is 1. The molecule has 5 rings (SSSR count). The molecule has 1 aromatic heterocycles. The van der Waals surface area contributed by atoms with Crippen LogP contribution in [0.2, 0.25) is 0 Å². The number of piperazine rings is 1. The van der Waals surface area contributed by atoms with Crippen molar-refractivity contribution in [3.8, 4) is 17.1 Å². The van der Waals surface area contributed by atoms with Crippen molar-refractivity contribution in [1.82, 2.24) is 19.9 Å². The Hall–Kier alpha value is -3.39. The van der Waals surface area contributed by atoms with Crippen LogP contribution in [0.15, 0.2) is 53.1 Å². The molecule has 2 fully saturated rings. The molecule has 8 heteroatoms. The van der Waals surface area contributed by atoms with Gasteiger partial charge in [-0.2, -0.15) is 4.98 Å². The van der Waals surface area contributed by atoms with Gasteiger partial charge in [-0.3, -0.25) is 9.69 Å². The molecule has 202 valence electrons. The van der Waals surface area contributed by atoms with Crippen LogP contribution in [-0.2, 0) is 16.8 Å². The van der Waals surface area contributed by atoms with E-state index < -0.39 is 0 Å². The van der Waals surface area contributed by atoms with E-state index in [2.05, 4.69) is 82.0 Å². The highest BCUT2D eigenvalue weighted by Gasteiger charge is 2.31. The molecule has 0 unspecified atom stereocenters. The SMILES string of the molecule is COc1ccc(N2CCN(C(=O)C3CCN(Cc4nc(-c5ccc(C(C)(C)C)cc5)no4)CC3)CC2)cc1. The number of amides is 1. The fourth-order valence-electron chi connectivity index (χ4n) is 5.32. The highest BCUT2D eigenvalue weighted by molar-refractivity contribution is 5.79. The number of hydrogen-bond donors (Lipinski definition) is 0. The first-order chi connectivity index (χ1) is 18.3. The van der Waals surface area contributed by atoms with Gasteiger partial charge in [0.25, 0.3) is 0 Å². The van der Waals surface area contributed by atoms with Crippen molar-refractivity contribution in [3.63, 3.8) is 0 Å². The second-order valence-corrected chi connectivity index (χ2v) is 11.4. The zero-order chi connectivity index (χ0) is 26.7. The number of ether oxygens (including phenoxy) is 1. The van der Waals surface area contributed by atoms with Gasteiger partial charge in [-0.1, -0.05) is 50.2 Å². The summed E-state index contributed by atoms with van der Waals surface area (Å²) in [5, 5.41) is 4.20. The standard InChI is InChI=1S/C30H39N5O3/c1-30(2,3)24-7-5-22(6-8-24)28-31-27(38-32-28)21-33-15-13-23(14-16-33)29(36)35-19-17-34(18-20-35)25-9-11-26(37-4)12-10-25/h5-12,23H,13-21H2,1-4H3. The van der Waals surface area contributed by atoms with Gasteiger partial charge in [-0.15, -0.1) is 0 Å². The average molecular weight is 518 g/mol. The van der Waals surface area contributed by atoms with E-state index in [0.717, 1.165) is 63.4 Å². The quantitative estimate of drug-likeness (QED) is 0.473. The lowest BCUT2D eigenvalue weighted by Crippen LogP contribution is -2.51. The van der Waals surface area contributed by atoms with Crippen molar-refractivity contribution in [3.05, 3.63) is 60.0 Å². The number of rotatable bonds is 6. The van der Waals surface area contributed by atoms with Crippen LogP contribution in [0, 0.1) is 5.92 Å². The van der Waals surface area contributed by atoms with Gasteiger partial charge >= 0.3 is 0 Å². The van der Waals surface area contributed by atoms with E-state index in [4.69, 9.17) is 9.26 Å². The maximum Gasteiger partial charge on any atom is 0.241 e. The van der Waals surface area contributed by atoms with Gasteiger partial charge in [0.2, 0.25) is 17.6 Å². The van der Waals surface area contributed by atoms with Crippen molar-refractivity contribution < 1.29 is 14.1 Å².